The molecular weight excluding hydrogens is 478 g/mol. The summed E-state index contributed by atoms with van der Waals surface area (Å²) in [5.74, 6) is 2.23. The maximum Gasteiger partial charge on any atom is 0.235 e. The third-order valence-corrected chi connectivity index (χ3v) is 7.61. The molecule has 0 saturated carbocycles. The summed E-state index contributed by atoms with van der Waals surface area (Å²) in [6.45, 7) is 8.76. The molecule has 0 aliphatic carbocycles. The molecule has 0 spiro atoms. The van der Waals surface area contributed by atoms with Crippen molar-refractivity contribution in [1.29, 1.82) is 0 Å². The first-order valence-electron chi connectivity index (χ1n) is 11.9. The number of methoxy groups -OCH3 is 2. The minimum atomic E-state index is -1.39. The van der Waals surface area contributed by atoms with Crippen molar-refractivity contribution in [2.75, 3.05) is 51.1 Å². The molecule has 1 saturated heterocycles. The molecule has 1 atom stereocenters. The van der Waals surface area contributed by atoms with Gasteiger partial charge < -0.3 is 23.7 Å². The minimum absolute atomic E-state index is 0.0263. The van der Waals surface area contributed by atoms with Gasteiger partial charge in [-0.25, -0.2) is 4.98 Å². The lowest BCUT2D eigenvalue weighted by Gasteiger charge is -2.37. The highest BCUT2D eigenvalue weighted by Gasteiger charge is 2.24. The van der Waals surface area contributed by atoms with Gasteiger partial charge >= 0.3 is 0 Å². The largest absolute Gasteiger partial charge is 0.493 e. The van der Waals surface area contributed by atoms with E-state index in [2.05, 4.69) is 41.9 Å². The van der Waals surface area contributed by atoms with E-state index in [9.17, 15) is 9.00 Å². The van der Waals surface area contributed by atoms with Crippen molar-refractivity contribution in [3.63, 3.8) is 0 Å². The van der Waals surface area contributed by atoms with Crippen molar-refractivity contribution in [3.8, 4) is 23.0 Å². The zero-order valence-electron chi connectivity index (χ0n) is 21.5. The van der Waals surface area contributed by atoms with Crippen LogP contribution in [0, 0.1) is 20.8 Å². The molecule has 0 N–H and O–H groups in total. The summed E-state index contributed by atoms with van der Waals surface area (Å²) in [5, 5.41) is 0. The zero-order valence-corrected chi connectivity index (χ0v) is 22.3. The molecule has 3 aromatic rings. The number of benzene rings is 2. The number of amides is 1. The Labute approximate surface area is 214 Å². The SMILES string of the molecule is COc1ccc(-c2nc(CS(=O)CC(=O)N3CCN(c4cc(C)ccc4C)CC3)c(C)o2)cc1OC. The first kappa shape index (κ1) is 25.8. The van der Waals surface area contributed by atoms with Crippen LogP contribution >= 0.6 is 0 Å². The second-order valence-corrected chi connectivity index (χ2v) is 10.4. The van der Waals surface area contributed by atoms with E-state index < -0.39 is 10.8 Å². The normalized spacial score (nSPS) is 14.6. The Morgan fingerprint density at radius 1 is 1.00 bits per heavy atom. The Hall–Kier alpha value is -3.33. The molecular formula is C27H33N3O5S. The average molecular weight is 512 g/mol. The lowest BCUT2D eigenvalue weighted by atomic mass is 10.1. The Morgan fingerprint density at radius 3 is 2.42 bits per heavy atom. The van der Waals surface area contributed by atoms with Crippen LogP contribution in [0.1, 0.15) is 22.6 Å². The van der Waals surface area contributed by atoms with E-state index >= 15 is 0 Å². The number of anilines is 1. The molecule has 1 amide bonds. The number of rotatable bonds is 8. The van der Waals surface area contributed by atoms with Gasteiger partial charge in [0.1, 0.15) is 11.5 Å². The topological polar surface area (TPSA) is 85.1 Å². The van der Waals surface area contributed by atoms with Crippen molar-refractivity contribution in [2.24, 2.45) is 0 Å². The lowest BCUT2D eigenvalue weighted by molar-refractivity contribution is -0.128. The smallest absolute Gasteiger partial charge is 0.235 e. The van der Waals surface area contributed by atoms with E-state index in [-0.39, 0.29) is 17.4 Å². The summed E-state index contributed by atoms with van der Waals surface area (Å²) in [6, 6.07) is 11.8. The van der Waals surface area contributed by atoms with Gasteiger partial charge in [0.25, 0.3) is 0 Å². The van der Waals surface area contributed by atoms with Gasteiger partial charge in [0.05, 0.1) is 25.7 Å². The number of piperazine rings is 1. The van der Waals surface area contributed by atoms with Crippen LogP contribution in [0.3, 0.4) is 0 Å². The number of ether oxygens (including phenoxy) is 2. The van der Waals surface area contributed by atoms with Crippen molar-refractivity contribution in [1.82, 2.24) is 9.88 Å². The van der Waals surface area contributed by atoms with E-state index in [4.69, 9.17) is 13.9 Å². The van der Waals surface area contributed by atoms with Gasteiger partial charge in [-0.1, -0.05) is 12.1 Å². The molecule has 0 bridgehead atoms. The molecule has 4 rings (SSSR count). The number of aryl methyl sites for hydroxylation is 3. The van der Waals surface area contributed by atoms with Crippen LogP contribution in [0.2, 0.25) is 0 Å². The van der Waals surface area contributed by atoms with Crippen molar-refractivity contribution in [2.45, 2.75) is 26.5 Å². The molecule has 8 nitrogen and oxygen atoms in total. The number of oxazole rings is 1. The van der Waals surface area contributed by atoms with E-state index in [1.54, 1.807) is 33.3 Å². The van der Waals surface area contributed by atoms with Crippen LogP contribution in [-0.4, -0.2) is 66.2 Å². The van der Waals surface area contributed by atoms with Gasteiger partial charge in [0.2, 0.25) is 11.8 Å². The van der Waals surface area contributed by atoms with Crippen molar-refractivity contribution in [3.05, 3.63) is 59.0 Å². The van der Waals surface area contributed by atoms with Gasteiger partial charge in [-0.2, -0.15) is 0 Å². The predicted octanol–water partition coefficient (Wildman–Crippen LogP) is 3.88. The highest BCUT2D eigenvalue weighted by molar-refractivity contribution is 7.84. The molecule has 9 heteroatoms. The number of hydrogen-bond donors (Lipinski definition) is 0. The van der Waals surface area contributed by atoms with Gasteiger partial charge in [-0.15, -0.1) is 0 Å². The number of nitrogens with zero attached hydrogens (tertiary/aromatic N) is 3. The maximum absolute atomic E-state index is 12.9. The van der Waals surface area contributed by atoms with E-state index in [0.29, 0.717) is 41.9 Å². The third-order valence-electron chi connectivity index (χ3n) is 6.44. The quantitative estimate of drug-likeness (QED) is 0.454. The highest BCUT2D eigenvalue weighted by Crippen LogP contribution is 2.32. The van der Waals surface area contributed by atoms with Gasteiger partial charge in [0.15, 0.2) is 11.5 Å². The summed E-state index contributed by atoms with van der Waals surface area (Å²) in [7, 11) is 1.75. The van der Waals surface area contributed by atoms with Gasteiger partial charge in [-0.05, 0) is 56.2 Å². The molecule has 2 aromatic carbocycles. The van der Waals surface area contributed by atoms with Crippen LogP contribution in [0.5, 0.6) is 11.5 Å². The molecule has 192 valence electrons. The maximum atomic E-state index is 12.9. The summed E-state index contributed by atoms with van der Waals surface area (Å²) in [6.07, 6.45) is 0. The monoisotopic (exact) mass is 511 g/mol. The number of aromatic nitrogens is 1. The first-order chi connectivity index (χ1) is 17.3. The van der Waals surface area contributed by atoms with Crippen LogP contribution in [0.25, 0.3) is 11.5 Å². The number of carbonyl (C=O) groups is 1. The minimum Gasteiger partial charge on any atom is -0.493 e. The Kier molecular flexibility index (Phi) is 7.98. The Morgan fingerprint density at radius 2 is 1.72 bits per heavy atom. The predicted molar refractivity (Wildman–Crippen MR) is 141 cm³/mol. The fourth-order valence-corrected chi connectivity index (χ4v) is 5.48. The van der Waals surface area contributed by atoms with Crippen LogP contribution < -0.4 is 14.4 Å². The van der Waals surface area contributed by atoms with E-state index in [1.807, 2.05) is 11.0 Å². The standard InChI is InChI=1S/C27H33N3O5S/c1-18-6-7-19(2)23(14-18)29-10-12-30(13-11-29)26(31)17-36(32)16-22-20(3)35-27(28-22)21-8-9-24(33-4)25(15-21)34-5/h6-9,14-15H,10-13,16-17H2,1-5H3. The summed E-state index contributed by atoms with van der Waals surface area (Å²) in [5.41, 5.74) is 4.99. The molecule has 1 unspecified atom stereocenters. The van der Waals surface area contributed by atoms with Crippen LogP contribution in [0.15, 0.2) is 40.8 Å². The molecule has 0 radical (unpaired) electrons. The number of carbonyl (C=O) groups excluding carboxylic acids is 1. The number of hydrogen-bond acceptors (Lipinski definition) is 7. The Bertz CT molecular complexity index is 1260. The second kappa shape index (κ2) is 11.2. The zero-order chi connectivity index (χ0) is 25.8. The summed E-state index contributed by atoms with van der Waals surface area (Å²) < 4.78 is 29.3. The second-order valence-electron chi connectivity index (χ2n) is 8.98. The molecule has 1 aliphatic heterocycles. The Balaban J connectivity index is 1.34. The molecule has 1 fully saturated rings. The average Bonchev–Trinajstić information content (AvgIpc) is 3.24. The molecule has 1 aliphatic rings. The lowest BCUT2D eigenvalue weighted by Crippen LogP contribution is -2.50. The summed E-state index contributed by atoms with van der Waals surface area (Å²) >= 11 is 0. The summed E-state index contributed by atoms with van der Waals surface area (Å²) in [4.78, 5) is 21.5. The molecule has 2 heterocycles. The third kappa shape index (κ3) is 5.73. The first-order valence-corrected chi connectivity index (χ1v) is 13.4. The van der Waals surface area contributed by atoms with Crippen LogP contribution in [0.4, 0.5) is 5.69 Å². The van der Waals surface area contributed by atoms with Gasteiger partial charge in [-0.3, -0.25) is 9.00 Å². The van der Waals surface area contributed by atoms with Crippen LogP contribution in [-0.2, 0) is 21.3 Å². The highest BCUT2D eigenvalue weighted by atomic mass is 32.2. The van der Waals surface area contributed by atoms with Crippen molar-refractivity contribution < 1.29 is 22.9 Å². The molecule has 36 heavy (non-hydrogen) atoms. The molecule has 1 aromatic heterocycles. The fraction of sp³-hybridized carbons (Fsp3) is 0.407. The van der Waals surface area contributed by atoms with Crippen molar-refractivity contribution >= 4 is 22.4 Å². The van der Waals surface area contributed by atoms with Gasteiger partial charge in [0, 0.05) is 48.2 Å². The van der Waals surface area contributed by atoms with E-state index in [1.165, 1.54) is 16.8 Å². The van der Waals surface area contributed by atoms with E-state index in [0.717, 1.165) is 18.7 Å². The fourth-order valence-electron chi connectivity index (χ4n) is 4.34.